The number of hydrogen-bond acceptors (Lipinski definition) is 3. The first-order valence-electron chi connectivity index (χ1n) is 6.02. The molecule has 0 aliphatic rings. The molecule has 0 aromatic carbocycles. The van der Waals surface area contributed by atoms with Crippen molar-refractivity contribution in [2.75, 3.05) is 6.61 Å². The van der Waals surface area contributed by atoms with Crippen molar-refractivity contribution in [3.05, 3.63) is 0 Å². The Hall–Kier alpha value is -0.610. The van der Waals surface area contributed by atoms with Crippen molar-refractivity contribution < 1.29 is 19.7 Å². The van der Waals surface area contributed by atoms with Gasteiger partial charge in [-0.1, -0.05) is 40.5 Å². The fourth-order valence-electron chi connectivity index (χ4n) is 1.32. The van der Waals surface area contributed by atoms with Crippen LogP contribution in [0.15, 0.2) is 0 Å². The molecule has 0 saturated carbocycles. The zero-order chi connectivity index (χ0) is 12.6. The molecule has 0 radical (unpaired) electrons. The van der Waals surface area contributed by atoms with Gasteiger partial charge in [0.15, 0.2) is 5.60 Å². The lowest BCUT2D eigenvalue weighted by atomic mass is 9.94. The standard InChI is InChI=1S/C12H24O4/c1-5-7-8-12(6-2,11(13)14)16-15-9-10(3)4/h10H,5-9H2,1-4H3,(H,13,14). The Bertz CT molecular complexity index is 203. The van der Waals surface area contributed by atoms with Gasteiger partial charge in [0, 0.05) is 0 Å². The van der Waals surface area contributed by atoms with Crippen LogP contribution in [-0.2, 0) is 14.6 Å². The second kappa shape index (κ2) is 7.63. The lowest BCUT2D eigenvalue weighted by Gasteiger charge is -2.26. The van der Waals surface area contributed by atoms with E-state index in [1.54, 1.807) is 0 Å². The molecular formula is C12H24O4. The third kappa shape index (κ3) is 4.94. The van der Waals surface area contributed by atoms with Crippen molar-refractivity contribution in [2.45, 2.75) is 59.0 Å². The molecule has 1 unspecified atom stereocenters. The molecule has 4 nitrogen and oxygen atoms in total. The van der Waals surface area contributed by atoms with Gasteiger partial charge in [-0.3, -0.25) is 0 Å². The van der Waals surface area contributed by atoms with Crippen LogP contribution < -0.4 is 0 Å². The fraction of sp³-hybridized carbons (Fsp3) is 0.917. The van der Waals surface area contributed by atoms with E-state index in [0.717, 1.165) is 12.8 Å². The van der Waals surface area contributed by atoms with Crippen LogP contribution in [0.3, 0.4) is 0 Å². The summed E-state index contributed by atoms with van der Waals surface area (Å²) >= 11 is 0. The van der Waals surface area contributed by atoms with Crippen LogP contribution in [0.25, 0.3) is 0 Å². The van der Waals surface area contributed by atoms with E-state index in [-0.39, 0.29) is 0 Å². The minimum absolute atomic E-state index is 0.328. The summed E-state index contributed by atoms with van der Waals surface area (Å²) in [7, 11) is 0. The van der Waals surface area contributed by atoms with E-state index in [0.29, 0.717) is 25.4 Å². The summed E-state index contributed by atoms with van der Waals surface area (Å²) in [5.74, 6) is -0.610. The van der Waals surface area contributed by atoms with Crippen LogP contribution in [0, 0.1) is 5.92 Å². The summed E-state index contributed by atoms with van der Waals surface area (Å²) in [4.78, 5) is 21.4. The van der Waals surface area contributed by atoms with Crippen molar-refractivity contribution in [1.29, 1.82) is 0 Å². The molecule has 96 valence electrons. The van der Waals surface area contributed by atoms with E-state index in [4.69, 9.17) is 9.78 Å². The third-order valence-corrected chi connectivity index (χ3v) is 2.51. The maximum absolute atomic E-state index is 11.2. The molecular weight excluding hydrogens is 208 g/mol. The maximum atomic E-state index is 11.2. The zero-order valence-corrected chi connectivity index (χ0v) is 10.8. The van der Waals surface area contributed by atoms with Gasteiger partial charge >= 0.3 is 5.97 Å². The molecule has 1 N–H and O–H groups in total. The summed E-state index contributed by atoms with van der Waals surface area (Å²) < 4.78 is 0. The molecule has 0 heterocycles. The quantitative estimate of drug-likeness (QED) is 0.490. The van der Waals surface area contributed by atoms with Gasteiger partial charge in [0.1, 0.15) is 0 Å². The Morgan fingerprint density at radius 2 is 2.00 bits per heavy atom. The van der Waals surface area contributed by atoms with Crippen LogP contribution in [0.1, 0.15) is 53.4 Å². The number of unbranched alkanes of at least 4 members (excludes halogenated alkanes) is 1. The number of carboxylic acid groups (broad SMARTS) is 1. The van der Waals surface area contributed by atoms with Crippen molar-refractivity contribution in [2.24, 2.45) is 5.92 Å². The van der Waals surface area contributed by atoms with E-state index in [1.807, 2.05) is 27.7 Å². The lowest BCUT2D eigenvalue weighted by Crippen LogP contribution is -2.41. The molecule has 0 aromatic rings. The second-order valence-corrected chi connectivity index (χ2v) is 4.52. The molecule has 0 amide bonds. The topological polar surface area (TPSA) is 55.8 Å². The smallest absolute Gasteiger partial charge is 0.339 e. The van der Waals surface area contributed by atoms with E-state index in [9.17, 15) is 9.90 Å². The van der Waals surface area contributed by atoms with Gasteiger partial charge in [-0.05, 0) is 18.8 Å². The molecule has 0 aliphatic carbocycles. The number of aliphatic carboxylic acids is 1. The van der Waals surface area contributed by atoms with Crippen LogP contribution in [0.5, 0.6) is 0 Å². The van der Waals surface area contributed by atoms with E-state index in [2.05, 4.69) is 0 Å². The van der Waals surface area contributed by atoms with Gasteiger partial charge < -0.3 is 5.11 Å². The predicted molar refractivity (Wildman–Crippen MR) is 62.1 cm³/mol. The van der Waals surface area contributed by atoms with Crippen molar-refractivity contribution in [3.8, 4) is 0 Å². The first-order valence-corrected chi connectivity index (χ1v) is 6.02. The SMILES string of the molecule is CCCCC(CC)(OOCC(C)C)C(=O)O. The average molecular weight is 232 g/mol. The van der Waals surface area contributed by atoms with E-state index < -0.39 is 11.6 Å². The molecule has 16 heavy (non-hydrogen) atoms. The van der Waals surface area contributed by atoms with Gasteiger partial charge in [-0.15, -0.1) is 0 Å². The van der Waals surface area contributed by atoms with Crippen LogP contribution >= 0.6 is 0 Å². The summed E-state index contributed by atoms with van der Waals surface area (Å²) in [6, 6.07) is 0. The molecule has 0 aliphatic heterocycles. The first kappa shape index (κ1) is 15.4. The number of carbonyl (C=O) groups is 1. The first-order chi connectivity index (χ1) is 7.48. The summed E-state index contributed by atoms with van der Waals surface area (Å²) in [5, 5.41) is 9.21. The zero-order valence-electron chi connectivity index (χ0n) is 10.8. The van der Waals surface area contributed by atoms with Gasteiger partial charge in [-0.25, -0.2) is 14.6 Å². The van der Waals surface area contributed by atoms with Crippen molar-refractivity contribution in [1.82, 2.24) is 0 Å². The van der Waals surface area contributed by atoms with Crippen LogP contribution in [0.2, 0.25) is 0 Å². The highest BCUT2D eigenvalue weighted by atomic mass is 17.2. The highest BCUT2D eigenvalue weighted by Crippen LogP contribution is 2.24. The molecule has 0 aromatic heterocycles. The third-order valence-electron chi connectivity index (χ3n) is 2.51. The molecule has 0 spiro atoms. The second-order valence-electron chi connectivity index (χ2n) is 4.52. The minimum Gasteiger partial charge on any atom is -0.479 e. The van der Waals surface area contributed by atoms with E-state index in [1.165, 1.54) is 0 Å². The summed E-state index contributed by atoms with van der Waals surface area (Å²) in [6.45, 7) is 8.23. The van der Waals surface area contributed by atoms with Gasteiger partial charge in [0.25, 0.3) is 0 Å². The molecule has 0 fully saturated rings. The van der Waals surface area contributed by atoms with Crippen molar-refractivity contribution >= 4 is 5.97 Å². The van der Waals surface area contributed by atoms with Gasteiger partial charge in [-0.2, -0.15) is 0 Å². The Morgan fingerprint density at radius 3 is 2.38 bits per heavy atom. The Morgan fingerprint density at radius 1 is 1.38 bits per heavy atom. The average Bonchev–Trinajstić information content (AvgIpc) is 2.22. The van der Waals surface area contributed by atoms with Gasteiger partial charge in [0.2, 0.25) is 0 Å². The molecule has 0 saturated heterocycles. The number of rotatable bonds is 9. The predicted octanol–water partition coefficient (Wildman–Crippen LogP) is 3.01. The monoisotopic (exact) mass is 232 g/mol. The highest BCUT2D eigenvalue weighted by molar-refractivity contribution is 5.77. The molecule has 0 bridgehead atoms. The summed E-state index contributed by atoms with van der Waals surface area (Å²) in [5.41, 5.74) is -1.18. The largest absolute Gasteiger partial charge is 0.479 e. The van der Waals surface area contributed by atoms with Crippen molar-refractivity contribution in [3.63, 3.8) is 0 Å². The normalized spacial score (nSPS) is 15.1. The number of hydrogen-bond donors (Lipinski definition) is 1. The fourth-order valence-corrected chi connectivity index (χ4v) is 1.32. The summed E-state index contributed by atoms with van der Waals surface area (Å²) in [6.07, 6.45) is 2.68. The minimum atomic E-state index is -1.18. The molecule has 4 heteroatoms. The maximum Gasteiger partial charge on any atom is 0.339 e. The molecule has 1 atom stereocenters. The lowest BCUT2D eigenvalue weighted by molar-refractivity contribution is -0.360. The Labute approximate surface area is 97.9 Å². The Balaban J connectivity index is 4.33. The number of carboxylic acids is 1. The van der Waals surface area contributed by atoms with Crippen LogP contribution in [-0.4, -0.2) is 23.3 Å². The van der Waals surface area contributed by atoms with E-state index >= 15 is 0 Å². The Kier molecular flexibility index (Phi) is 7.34. The van der Waals surface area contributed by atoms with Gasteiger partial charge in [0.05, 0.1) is 6.61 Å². The highest BCUT2D eigenvalue weighted by Gasteiger charge is 2.39. The molecule has 0 rings (SSSR count). The van der Waals surface area contributed by atoms with Crippen LogP contribution in [0.4, 0.5) is 0 Å².